The van der Waals surface area contributed by atoms with Crippen molar-refractivity contribution < 1.29 is 4.48 Å². The summed E-state index contributed by atoms with van der Waals surface area (Å²) in [6.45, 7) is 14.2. The summed E-state index contributed by atoms with van der Waals surface area (Å²) in [6, 6.07) is 0. The van der Waals surface area contributed by atoms with Crippen molar-refractivity contribution in [2.45, 2.75) is 47.2 Å². The average molecular weight is 504 g/mol. The molecule has 0 saturated heterocycles. The molecule has 0 aliphatic heterocycles. The van der Waals surface area contributed by atoms with E-state index in [-0.39, 0.29) is 27.3 Å². The van der Waals surface area contributed by atoms with Crippen LogP contribution in [0.4, 0.5) is 0 Å². The molecule has 1 nitrogen and oxygen atoms in total. The first kappa shape index (κ1) is 23.7. The summed E-state index contributed by atoms with van der Waals surface area (Å²) in [7, 11) is 0. The Morgan fingerprint density at radius 1 is 0.808 bits per heavy atom. The number of alkyl halides is 5. The Bertz CT molecular complexity index is 595. The number of rotatable bonds is 4. The average Bonchev–Trinajstić information content (AvgIpc) is 3.11. The lowest BCUT2D eigenvalue weighted by Crippen LogP contribution is -2.47. The molecule has 5 atom stereocenters. The quantitative estimate of drug-likeness (QED) is 0.218. The van der Waals surface area contributed by atoms with Crippen molar-refractivity contribution in [3.63, 3.8) is 0 Å². The van der Waals surface area contributed by atoms with Gasteiger partial charge in [0, 0.05) is 11.8 Å². The van der Waals surface area contributed by atoms with Crippen LogP contribution in [0.5, 0.6) is 0 Å². The Morgan fingerprint density at radius 3 is 1.62 bits per heavy atom. The van der Waals surface area contributed by atoms with Gasteiger partial charge in [0.25, 0.3) is 0 Å². The standard InChI is InChI=1S/C10H5Cl7.C8H20N/c11-4-2-1-3-5(4)9(15)7(13)6(12)8(3,14)10(9,16)17;1-5-9(6-2,7-3)8-4/h1-5H;5-8H2,1-4H3/q;+1. The maximum Gasteiger partial charge on any atom is 0.167 e. The topological polar surface area (TPSA) is 0 Å². The first-order chi connectivity index (χ1) is 11.9. The molecule has 0 aromatic carbocycles. The first-order valence-corrected chi connectivity index (χ1v) is 11.6. The second kappa shape index (κ2) is 7.95. The summed E-state index contributed by atoms with van der Waals surface area (Å²) in [5.41, 5.74) is 0. The SMILES string of the molecule is CC[N+](CC)(CC)CC.ClC1=C(Cl)C2(Cl)C3C(Cl)C=CC3C1(Cl)C2(Cl)Cl. The molecule has 0 spiro atoms. The van der Waals surface area contributed by atoms with Gasteiger partial charge in [0.15, 0.2) is 4.33 Å². The third-order valence-electron chi connectivity index (χ3n) is 6.58. The fraction of sp³-hybridized carbons (Fsp3) is 0.778. The zero-order chi connectivity index (χ0) is 20.1. The van der Waals surface area contributed by atoms with Crippen LogP contribution >= 0.6 is 81.2 Å². The predicted molar refractivity (Wildman–Crippen MR) is 119 cm³/mol. The Labute approximate surface area is 192 Å². The molecule has 3 aliphatic carbocycles. The van der Waals surface area contributed by atoms with Crippen LogP contribution in [0.15, 0.2) is 22.2 Å². The third-order valence-corrected chi connectivity index (χ3v) is 11.3. The molecule has 1 fully saturated rings. The Hall–Kier alpha value is 1.47. The van der Waals surface area contributed by atoms with E-state index in [2.05, 4.69) is 27.7 Å². The van der Waals surface area contributed by atoms with Gasteiger partial charge in [0.05, 0.1) is 41.6 Å². The van der Waals surface area contributed by atoms with E-state index < -0.39 is 14.1 Å². The highest BCUT2D eigenvalue weighted by molar-refractivity contribution is 6.66. The third kappa shape index (κ3) is 2.90. The highest BCUT2D eigenvalue weighted by atomic mass is 35.5. The largest absolute Gasteiger partial charge is 0.325 e. The lowest BCUT2D eigenvalue weighted by Gasteiger charge is -2.34. The molecule has 3 aliphatic rings. The molecule has 3 rings (SSSR count). The lowest BCUT2D eigenvalue weighted by molar-refractivity contribution is -0.921. The smallest absolute Gasteiger partial charge is 0.167 e. The number of allylic oxidation sites excluding steroid dienone is 4. The molecule has 0 aromatic heterocycles. The minimum absolute atomic E-state index is 0.205. The van der Waals surface area contributed by atoms with Crippen molar-refractivity contribution in [1.29, 1.82) is 0 Å². The maximum atomic E-state index is 6.57. The monoisotopic (exact) mass is 500 g/mol. The molecule has 0 N–H and O–H groups in total. The summed E-state index contributed by atoms with van der Waals surface area (Å²) in [5.74, 6) is -0.470. The van der Waals surface area contributed by atoms with Crippen molar-refractivity contribution in [2.75, 3.05) is 26.2 Å². The fourth-order valence-electron chi connectivity index (χ4n) is 4.42. The Kier molecular flexibility index (Phi) is 7.26. The van der Waals surface area contributed by atoms with Crippen LogP contribution in [-0.4, -0.2) is 50.1 Å². The molecule has 8 heteroatoms. The van der Waals surface area contributed by atoms with Gasteiger partial charge in [0.2, 0.25) is 0 Å². The molecule has 0 heterocycles. The number of hydrogen-bond donors (Lipinski definition) is 0. The summed E-state index contributed by atoms with van der Waals surface area (Å²) in [6.07, 6.45) is 3.69. The fourth-order valence-corrected chi connectivity index (χ4v) is 7.94. The summed E-state index contributed by atoms with van der Waals surface area (Å²) in [5, 5.41) is 0.113. The molecule has 26 heavy (non-hydrogen) atoms. The molecule has 0 radical (unpaired) electrons. The molecular weight excluding hydrogens is 478 g/mol. The zero-order valence-electron chi connectivity index (χ0n) is 15.3. The molecule has 1 saturated carbocycles. The lowest BCUT2D eigenvalue weighted by atomic mass is 9.84. The van der Waals surface area contributed by atoms with Crippen LogP contribution in [-0.2, 0) is 0 Å². The van der Waals surface area contributed by atoms with Crippen molar-refractivity contribution >= 4 is 81.2 Å². The van der Waals surface area contributed by atoms with Gasteiger partial charge in [-0.2, -0.15) is 0 Å². The molecular formula is C18H25Cl7N+. The number of quaternary nitrogens is 1. The number of halogens is 7. The van der Waals surface area contributed by atoms with Gasteiger partial charge in [-0.15, -0.1) is 34.8 Å². The second-order valence-corrected chi connectivity index (χ2v) is 10.9. The van der Waals surface area contributed by atoms with Gasteiger partial charge in [-0.05, 0) is 27.7 Å². The van der Waals surface area contributed by atoms with E-state index in [1.54, 1.807) is 0 Å². The zero-order valence-corrected chi connectivity index (χ0v) is 20.6. The summed E-state index contributed by atoms with van der Waals surface area (Å²) < 4.78 is -0.204. The van der Waals surface area contributed by atoms with Crippen molar-refractivity contribution in [1.82, 2.24) is 0 Å². The predicted octanol–water partition coefficient (Wildman–Crippen LogP) is 7.12. The van der Waals surface area contributed by atoms with Gasteiger partial charge in [-0.1, -0.05) is 58.6 Å². The van der Waals surface area contributed by atoms with Gasteiger partial charge in [-0.3, -0.25) is 0 Å². The van der Waals surface area contributed by atoms with Crippen LogP contribution < -0.4 is 0 Å². The van der Waals surface area contributed by atoms with E-state index >= 15 is 0 Å². The molecule has 2 bridgehead atoms. The van der Waals surface area contributed by atoms with Crippen molar-refractivity contribution in [2.24, 2.45) is 11.8 Å². The van der Waals surface area contributed by atoms with Crippen LogP contribution in [0.1, 0.15) is 27.7 Å². The van der Waals surface area contributed by atoms with Gasteiger partial charge in [-0.25, -0.2) is 0 Å². The van der Waals surface area contributed by atoms with Crippen LogP contribution in [0.3, 0.4) is 0 Å². The minimum Gasteiger partial charge on any atom is -0.325 e. The number of hydrogen-bond acceptors (Lipinski definition) is 0. The molecule has 150 valence electrons. The minimum atomic E-state index is -1.48. The van der Waals surface area contributed by atoms with E-state index in [0.717, 1.165) is 0 Å². The Morgan fingerprint density at radius 2 is 1.23 bits per heavy atom. The number of nitrogens with zero attached hydrogens (tertiary/aromatic N) is 1. The highest BCUT2D eigenvalue weighted by Crippen LogP contribution is 2.78. The van der Waals surface area contributed by atoms with Crippen LogP contribution in [0.2, 0.25) is 0 Å². The first-order valence-electron chi connectivity index (χ1n) is 8.94. The van der Waals surface area contributed by atoms with Crippen molar-refractivity contribution in [3.8, 4) is 0 Å². The normalized spacial score (nSPS) is 39.9. The van der Waals surface area contributed by atoms with Gasteiger partial charge in [0.1, 0.15) is 9.75 Å². The maximum absolute atomic E-state index is 6.57. The van der Waals surface area contributed by atoms with E-state index in [4.69, 9.17) is 81.2 Å². The Balaban J connectivity index is 0.000000232. The van der Waals surface area contributed by atoms with E-state index in [9.17, 15) is 0 Å². The van der Waals surface area contributed by atoms with E-state index in [1.165, 1.54) is 30.7 Å². The molecule has 5 unspecified atom stereocenters. The molecule has 0 amide bonds. The second-order valence-electron chi connectivity index (χ2n) is 7.11. The summed E-state index contributed by atoms with van der Waals surface area (Å²) >= 11 is 44.5. The summed E-state index contributed by atoms with van der Waals surface area (Å²) in [4.78, 5) is -2.45. The van der Waals surface area contributed by atoms with E-state index in [1.807, 2.05) is 12.2 Å². The van der Waals surface area contributed by atoms with Gasteiger partial charge >= 0.3 is 0 Å². The number of fused-ring (bicyclic) bond motifs is 5. The van der Waals surface area contributed by atoms with Crippen LogP contribution in [0, 0.1) is 11.8 Å². The van der Waals surface area contributed by atoms with E-state index in [0.29, 0.717) is 0 Å². The molecule has 0 aromatic rings. The van der Waals surface area contributed by atoms with Gasteiger partial charge < -0.3 is 4.48 Å². The highest BCUT2D eigenvalue weighted by Gasteiger charge is 2.83. The van der Waals surface area contributed by atoms with Crippen molar-refractivity contribution in [3.05, 3.63) is 22.2 Å². The van der Waals surface area contributed by atoms with Crippen LogP contribution in [0.25, 0.3) is 0 Å².